The Morgan fingerprint density at radius 3 is 2.40 bits per heavy atom. The first-order chi connectivity index (χ1) is 28.7. The molecule has 12 rings (SSSR count). The second-order valence-electron chi connectivity index (χ2n) is 16.2. The van der Waals surface area contributed by atoms with E-state index in [0.717, 1.165) is 59.7 Å². The number of furan rings is 1. The highest BCUT2D eigenvalue weighted by Gasteiger charge is 2.29. The lowest BCUT2D eigenvalue weighted by Crippen LogP contribution is -2.36. The molecule has 280 valence electrons. The molecule has 3 unspecified atom stereocenters. The van der Waals surface area contributed by atoms with Crippen molar-refractivity contribution >= 4 is 82.9 Å². The summed E-state index contributed by atoms with van der Waals surface area (Å²) in [5, 5.41) is 7.79. The number of hydrogen-bond donors (Lipinski definition) is 0. The Hall–Kier alpha value is -6.36. The molecule has 0 spiro atoms. The van der Waals surface area contributed by atoms with Gasteiger partial charge >= 0.3 is 0 Å². The lowest BCUT2D eigenvalue weighted by atomic mass is 9.81. The minimum Gasteiger partial charge on any atom is -0.454 e. The molecule has 0 aliphatic heterocycles. The molecule has 0 saturated heterocycles. The van der Waals surface area contributed by atoms with Crippen LogP contribution in [0.1, 0.15) is 42.5 Å². The molecule has 0 saturated carbocycles. The van der Waals surface area contributed by atoms with E-state index in [1.165, 1.54) is 64.5 Å². The molecular formula is C54H42N2OS. The Morgan fingerprint density at radius 1 is 0.655 bits per heavy atom. The average Bonchev–Trinajstić information content (AvgIpc) is 3.97. The van der Waals surface area contributed by atoms with Crippen LogP contribution in [0.3, 0.4) is 0 Å². The first-order valence-corrected chi connectivity index (χ1v) is 21.6. The van der Waals surface area contributed by atoms with E-state index < -0.39 is 0 Å². The Kier molecular flexibility index (Phi) is 7.94. The number of benzene rings is 5. The highest BCUT2D eigenvalue weighted by atomic mass is 32.1. The van der Waals surface area contributed by atoms with Crippen LogP contribution in [0.2, 0.25) is 0 Å². The van der Waals surface area contributed by atoms with Gasteiger partial charge in [0.15, 0.2) is 5.58 Å². The molecule has 8 aromatic rings. The monoisotopic (exact) mass is 766 g/mol. The van der Waals surface area contributed by atoms with Gasteiger partial charge in [0, 0.05) is 53.4 Å². The molecule has 4 aliphatic carbocycles. The lowest BCUT2D eigenvalue weighted by molar-refractivity contribution is 0.502. The number of fused-ring (bicyclic) bond motifs is 9. The summed E-state index contributed by atoms with van der Waals surface area (Å²) in [5.74, 6) is 0.745. The summed E-state index contributed by atoms with van der Waals surface area (Å²) < 4.78 is 11.9. The third kappa shape index (κ3) is 5.46. The van der Waals surface area contributed by atoms with Crippen LogP contribution in [0.25, 0.3) is 71.6 Å². The zero-order valence-corrected chi connectivity index (χ0v) is 33.0. The molecule has 4 aliphatic rings. The number of anilines is 1. The molecule has 4 heteroatoms. The van der Waals surface area contributed by atoms with Crippen molar-refractivity contribution in [1.82, 2.24) is 4.57 Å². The fourth-order valence-corrected chi connectivity index (χ4v) is 11.2. The summed E-state index contributed by atoms with van der Waals surface area (Å²) in [4.78, 5) is 2.56. The van der Waals surface area contributed by atoms with Gasteiger partial charge in [-0.1, -0.05) is 121 Å². The normalized spacial score (nSPS) is 19.8. The minimum absolute atomic E-state index is 0.116. The van der Waals surface area contributed by atoms with Gasteiger partial charge in [-0.2, -0.15) is 0 Å². The van der Waals surface area contributed by atoms with Gasteiger partial charge in [0.1, 0.15) is 5.58 Å². The van der Waals surface area contributed by atoms with Crippen molar-refractivity contribution in [1.29, 1.82) is 0 Å². The molecule has 0 N–H and O–H groups in total. The third-order valence-electron chi connectivity index (χ3n) is 12.9. The summed E-state index contributed by atoms with van der Waals surface area (Å²) in [6, 6.07) is 41.9. The smallest absolute Gasteiger partial charge is 0.159 e. The maximum atomic E-state index is 6.73. The van der Waals surface area contributed by atoms with Gasteiger partial charge in [-0.25, -0.2) is 0 Å². The summed E-state index contributed by atoms with van der Waals surface area (Å²) >= 11 is 1.88. The highest BCUT2D eigenvalue weighted by molar-refractivity contribution is 7.25. The van der Waals surface area contributed by atoms with E-state index in [0.29, 0.717) is 11.8 Å². The first kappa shape index (κ1) is 33.7. The topological polar surface area (TPSA) is 21.3 Å². The third-order valence-corrected chi connectivity index (χ3v) is 14.0. The van der Waals surface area contributed by atoms with Crippen LogP contribution in [0.4, 0.5) is 5.69 Å². The van der Waals surface area contributed by atoms with Gasteiger partial charge in [0.2, 0.25) is 0 Å². The number of rotatable bonds is 6. The molecular weight excluding hydrogens is 725 g/mol. The van der Waals surface area contributed by atoms with Crippen molar-refractivity contribution in [2.24, 2.45) is 11.8 Å². The second kappa shape index (κ2) is 13.6. The fraction of sp³-hybridized carbons (Fsp3) is 0.148. The fourth-order valence-electron chi connectivity index (χ4n) is 10.1. The van der Waals surface area contributed by atoms with Crippen molar-refractivity contribution in [2.45, 2.75) is 38.1 Å². The van der Waals surface area contributed by atoms with Crippen LogP contribution >= 0.6 is 11.3 Å². The van der Waals surface area contributed by atoms with Gasteiger partial charge in [-0.3, -0.25) is 0 Å². The SMILES string of the molecule is C1=Cc2c(c3c(n2-c2ccccc2)=CC(C2C=C(N(c4cccc5c4oc4ccccc45)C4C=CC(c5ccc6sc7ccccc7c6c5)=CC4)C=CC2)CC=3)CC1. The van der Waals surface area contributed by atoms with Crippen LogP contribution in [0.5, 0.6) is 0 Å². The van der Waals surface area contributed by atoms with Crippen molar-refractivity contribution in [3.8, 4) is 5.69 Å². The molecule has 3 nitrogen and oxygen atoms in total. The molecule has 5 aromatic carbocycles. The van der Waals surface area contributed by atoms with Crippen LogP contribution < -0.4 is 15.5 Å². The molecule has 0 fully saturated rings. The van der Waals surface area contributed by atoms with Gasteiger partial charge in [-0.05, 0) is 120 Å². The van der Waals surface area contributed by atoms with Crippen LogP contribution in [0, 0.1) is 11.8 Å². The Bertz CT molecular complexity index is 3240. The number of nitrogens with zero attached hydrogens (tertiary/aromatic N) is 2. The molecule has 0 bridgehead atoms. The van der Waals surface area contributed by atoms with Crippen LogP contribution in [0.15, 0.2) is 168 Å². The number of allylic oxidation sites excluding steroid dienone is 6. The average molecular weight is 767 g/mol. The van der Waals surface area contributed by atoms with E-state index in [1.807, 2.05) is 11.3 Å². The summed E-state index contributed by atoms with van der Waals surface area (Å²) in [7, 11) is 0. The van der Waals surface area contributed by atoms with E-state index in [9.17, 15) is 0 Å². The predicted octanol–water partition coefficient (Wildman–Crippen LogP) is 12.7. The van der Waals surface area contributed by atoms with Crippen molar-refractivity contribution in [2.75, 3.05) is 4.90 Å². The number of para-hydroxylation sites is 3. The lowest BCUT2D eigenvalue weighted by Gasteiger charge is -2.36. The van der Waals surface area contributed by atoms with Crippen molar-refractivity contribution in [3.63, 3.8) is 0 Å². The highest BCUT2D eigenvalue weighted by Crippen LogP contribution is 2.42. The van der Waals surface area contributed by atoms with E-state index in [1.54, 1.807) is 0 Å². The molecule has 0 radical (unpaired) electrons. The Balaban J connectivity index is 0.946. The number of hydrogen-bond acceptors (Lipinski definition) is 3. The first-order valence-electron chi connectivity index (χ1n) is 20.8. The van der Waals surface area contributed by atoms with E-state index >= 15 is 0 Å². The summed E-state index contributed by atoms with van der Waals surface area (Å²) in [6.07, 6.45) is 29.5. The van der Waals surface area contributed by atoms with Gasteiger partial charge in [0.25, 0.3) is 0 Å². The quantitative estimate of drug-likeness (QED) is 0.168. The van der Waals surface area contributed by atoms with Gasteiger partial charge < -0.3 is 13.9 Å². The van der Waals surface area contributed by atoms with Gasteiger partial charge in [-0.15, -0.1) is 11.3 Å². The minimum atomic E-state index is 0.116. The number of thiophene rings is 1. The molecule has 3 heterocycles. The number of aromatic nitrogens is 1. The molecule has 0 amide bonds. The standard InChI is InChI=1S/C54H42N2OS/c1-2-13-39(14-3-1)56-48-20-7-4-16-42(48)43-30-26-38(34-50(43)56)36-12-10-15-41(32-36)55(49-21-11-19-46-44-17-5-8-22-51(44)57-54(46)49)40-28-24-35(25-29-40)37-27-31-53-47(33-37)45-18-6-9-23-52(45)58-53/h1-3,5-11,13-15,17-25,27-28,30-34,36,38,40H,4,12,16,26,29H2. The zero-order valence-electron chi connectivity index (χ0n) is 32.2. The molecule has 3 aromatic heterocycles. The van der Waals surface area contributed by atoms with E-state index in [-0.39, 0.29) is 6.04 Å². The Labute approximate surface area is 341 Å². The summed E-state index contributed by atoms with van der Waals surface area (Å²) in [6.45, 7) is 0. The second-order valence-corrected chi connectivity index (χ2v) is 17.3. The van der Waals surface area contributed by atoms with Crippen LogP contribution in [-0.4, -0.2) is 10.6 Å². The molecule has 3 atom stereocenters. The largest absolute Gasteiger partial charge is 0.454 e. The van der Waals surface area contributed by atoms with Crippen LogP contribution in [-0.2, 0) is 6.42 Å². The Morgan fingerprint density at radius 2 is 1.48 bits per heavy atom. The van der Waals surface area contributed by atoms with E-state index in [4.69, 9.17) is 4.42 Å². The van der Waals surface area contributed by atoms with Crippen molar-refractivity contribution in [3.05, 3.63) is 191 Å². The molecule has 58 heavy (non-hydrogen) atoms. The van der Waals surface area contributed by atoms with E-state index in [2.05, 4.69) is 185 Å². The van der Waals surface area contributed by atoms with Gasteiger partial charge in [0.05, 0.1) is 11.7 Å². The maximum absolute atomic E-state index is 6.73. The summed E-state index contributed by atoms with van der Waals surface area (Å²) in [5.41, 5.74) is 10.9. The maximum Gasteiger partial charge on any atom is 0.159 e. The zero-order chi connectivity index (χ0) is 38.2. The predicted molar refractivity (Wildman–Crippen MR) is 246 cm³/mol. The van der Waals surface area contributed by atoms with Crippen molar-refractivity contribution < 1.29 is 4.42 Å².